The number of nitrogen functional groups attached to an aromatic ring is 1. The zero-order valence-corrected chi connectivity index (χ0v) is 28.0. The van der Waals surface area contributed by atoms with Crippen molar-refractivity contribution >= 4 is 48.0 Å². The Morgan fingerprint density at radius 1 is 1.18 bits per heavy atom. The van der Waals surface area contributed by atoms with Crippen LogP contribution < -0.4 is 31.7 Å². The average Bonchev–Trinajstić information content (AvgIpc) is 3.49. The normalized spacial score (nSPS) is 14.8. The summed E-state index contributed by atoms with van der Waals surface area (Å²) in [5.41, 5.74) is 7.36. The number of aromatic nitrogens is 5. The first-order chi connectivity index (χ1) is 24.7. The summed E-state index contributed by atoms with van der Waals surface area (Å²) in [4.78, 5) is 43.5. The van der Waals surface area contributed by atoms with Crippen LogP contribution in [0.5, 0.6) is 5.75 Å². The van der Waals surface area contributed by atoms with Gasteiger partial charge in [0.25, 0.3) is 5.91 Å². The molecular weight excluding hydrogens is 662 g/mol. The van der Waals surface area contributed by atoms with Crippen LogP contribution in [-0.2, 0) is 16.1 Å². The number of ether oxygens (including phenoxy) is 1. The number of rotatable bonds is 15. The molecule has 2 aromatic carbocycles. The van der Waals surface area contributed by atoms with Crippen molar-refractivity contribution in [1.29, 1.82) is 0 Å². The molecule has 0 saturated carbocycles. The molecule has 1 aliphatic rings. The van der Waals surface area contributed by atoms with Crippen LogP contribution in [0.25, 0.3) is 11.9 Å². The Morgan fingerprint density at radius 3 is 2.73 bits per heavy atom. The SMILES string of the molecule is COc1c(NC2CCCNC2)nc(/C=C/CNC(=O)/C(C=O)=C/N=CN(C)Cc2ccc(F)c(F)c2)nc1-n1nc(Nc2ccccc2)nc1N. The van der Waals surface area contributed by atoms with Gasteiger partial charge in [-0.25, -0.2) is 23.7 Å². The maximum Gasteiger partial charge on any atom is 0.256 e. The number of nitrogens with zero attached hydrogens (tertiary/aromatic N) is 7. The molecular formula is C34H38F2N12O3. The van der Waals surface area contributed by atoms with Crippen LogP contribution in [0.2, 0.25) is 0 Å². The van der Waals surface area contributed by atoms with Crippen LogP contribution in [0.4, 0.5) is 32.2 Å². The van der Waals surface area contributed by atoms with Gasteiger partial charge in [-0.15, -0.1) is 5.10 Å². The second kappa shape index (κ2) is 17.4. The number of nitrogens with one attached hydrogen (secondary N) is 4. The first kappa shape index (κ1) is 36.1. The minimum absolute atomic E-state index is 0.0282. The van der Waals surface area contributed by atoms with Crippen molar-refractivity contribution in [1.82, 2.24) is 40.3 Å². The molecule has 266 valence electrons. The molecule has 0 radical (unpaired) electrons. The summed E-state index contributed by atoms with van der Waals surface area (Å²) in [7, 11) is 3.15. The zero-order valence-electron chi connectivity index (χ0n) is 28.0. The fraction of sp³-hybridized carbons (Fsp3) is 0.265. The van der Waals surface area contributed by atoms with Crippen LogP contribution in [0.1, 0.15) is 24.2 Å². The summed E-state index contributed by atoms with van der Waals surface area (Å²) < 4.78 is 33.8. The highest BCUT2D eigenvalue weighted by molar-refractivity contribution is 6.10. The molecule has 0 spiro atoms. The van der Waals surface area contributed by atoms with Crippen molar-refractivity contribution in [2.75, 3.05) is 50.2 Å². The summed E-state index contributed by atoms with van der Waals surface area (Å²) >= 11 is 0. The van der Waals surface area contributed by atoms with Gasteiger partial charge in [0.05, 0.1) is 19.0 Å². The fourth-order valence-corrected chi connectivity index (χ4v) is 5.07. The topological polar surface area (TPSA) is 190 Å². The minimum Gasteiger partial charge on any atom is -0.490 e. The highest BCUT2D eigenvalue weighted by Crippen LogP contribution is 2.32. The number of benzene rings is 2. The van der Waals surface area contributed by atoms with Gasteiger partial charge in [0.2, 0.25) is 23.5 Å². The van der Waals surface area contributed by atoms with E-state index in [4.69, 9.17) is 10.5 Å². The number of piperidine rings is 1. The van der Waals surface area contributed by atoms with Crippen LogP contribution in [-0.4, -0.2) is 88.0 Å². The Bertz CT molecular complexity index is 1910. The van der Waals surface area contributed by atoms with Crippen molar-refractivity contribution in [3.63, 3.8) is 0 Å². The number of anilines is 4. The van der Waals surface area contributed by atoms with E-state index in [1.165, 1.54) is 24.2 Å². The van der Waals surface area contributed by atoms with Gasteiger partial charge in [0.15, 0.2) is 29.6 Å². The Morgan fingerprint density at radius 2 is 2.00 bits per heavy atom. The van der Waals surface area contributed by atoms with Gasteiger partial charge >= 0.3 is 0 Å². The number of aldehydes is 1. The van der Waals surface area contributed by atoms with E-state index in [1.807, 2.05) is 30.3 Å². The third kappa shape index (κ3) is 9.91. The predicted octanol–water partition coefficient (Wildman–Crippen LogP) is 3.21. The fourth-order valence-electron chi connectivity index (χ4n) is 5.07. The maximum absolute atomic E-state index is 13.5. The number of halogens is 2. The lowest BCUT2D eigenvalue weighted by atomic mass is 10.1. The number of amides is 1. The molecule has 1 aliphatic heterocycles. The van der Waals surface area contributed by atoms with Crippen molar-refractivity contribution < 1.29 is 23.1 Å². The number of aliphatic imine (C=N–C) groups is 1. The molecule has 1 amide bonds. The summed E-state index contributed by atoms with van der Waals surface area (Å²) in [5, 5.41) is 17.1. The van der Waals surface area contributed by atoms with Gasteiger partial charge in [-0.05, 0) is 55.3 Å². The lowest BCUT2D eigenvalue weighted by Crippen LogP contribution is -2.38. The monoisotopic (exact) mass is 700 g/mol. The molecule has 1 atom stereocenters. The molecule has 3 heterocycles. The molecule has 5 rings (SSSR count). The molecule has 1 unspecified atom stereocenters. The van der Waals surface area contributed by atoms with E-state index in [9.17, 15) is 18.4 Å². The Labute approximate surface area is 292 Å². The quantitative estimate of drug-likeness (QED) is 0.0305. The van der Waals surface area contributed by atoms with E-state index >= 15 is 0 Å². The number of carbonyl (C=O) groups excluding carboxylic acids is 2. The second-order valence-electron chi connectivity index (χ2n) is 11.4. The second-order valence-corrected chi connectivity index (χ2v) is 11.4. The first-order valence-corrected chi connectivity index (χ1v) is 16.0. The highest BCUT2D eigenvalue weighted by atomic mass is 19.2. The number of methoxy groups -OCH3 is 1. The van der Waals surface area contributed by atoms with Gasteiger partial charge < -0.3 is 36.6 Å². The largest absolute Gasteiger partial charge is 0.490 e. The third-order valence-corrected chi connectivity index (χ3v) is 7.50. The predicted molar refractivity (Wildman–Crippen MR) is 190 cm³/mol. The highest BCUT2D eigenvalue weighted by Gasteiger charge is 2.23. The van der Waals surface area contributed by atoms with Gasteiger partial charge in [-0.3, -0.25) is 9.59 Å². The van der Waals surface area contributed by atoms with Crippen LogP contribution in [0.3, 0.4) is 0 Å². The molecule has 0 aliphatic carbocycles. The smallest absolute Gasteiger partial charge is 0.256 e. The number of nitrogens with two attached hydrogens (primary N) is 1. The molecule has 15 nitrogen and oxygen atoms in total. The Balaban J connectivity index is 1.29. The van der Waals surface area contributed by atoms with Crippen LogP contribution in [0.15, 0.2) is 71.4 Å². The molecule has 17 heteroatoms. The third-order valence-electron chi connectivity index (χ3n) is 7.50. The van der Waals surface area contributed by atoms with E-state index in [-0.39, 0.29) is 48.2 Å². The molecule has 1 saturated heterocycles. The number of carbonyl (C=O) groups is 2. The minimum atomic E-state index is -0.953. The van der Waals surface area contributed by atoms with E-state index in [0.717, 1.165) is 50.0 Å². The number of hydrogen-bond acceptors (Lipinski definition) is 12. The summed E-state index contributed by atoms with van der Waals surface area (Å²) in [6.07, 6.45) is 7.97. The molecule has 51 heavy (non-hydrogen) atoms. The Kier molecular flexibility index (Phi) is 12.3. The standard InChI is InChI=1S/C34H38F2N12O3/c1-47(19-22-12-13-26(35)27(36)16-22)21-39-17-23(20-49)32(50)40-15-7-11-28-43-30(41-25-10-6-14-38-18-25)29(51-2)31(44-28)48-33(37)45-34(46-48)42-24-8-4-3-5-9-24/h3-5,7-9,11-13,16-17,20-21,25,38H,6,10,14-15,18-19H2,1-2H3,(H,40,50)(H,41,43,44)(H3,37,42,45,46)/b11-7+,23-17+,39-21?. The Hall–Kier alpha value is -6.23. The van der Waals surface area contributed by atoms with E-state index < -0.39 is 17.5 Å². The molecule has 1 fully saturated rings. The summed E-state index contributed by atoms with van der Waals surface area (Å²) in [5.74, 6) is -0.999. The van der Waals surface area contributed by atoms with Crippen molar-refractivity contribution in [3.05, 3.63) is 89.4 Å². The van der Waals surface area contributed by atoms with Crippen molar-refractivity contribution in [3.8, 4) is 11.6 Å². The van der Waals surface area contributed by atoms with Crippen LogP contribution in [0, 0.1) is 11.6 Å². The van der Waals surface area contributed by atoms with Gasteiger partial charge in [-0.2, -0.15) is 9.67 Å². The molecule has 2 aromatic heterocycles. The zero-order chi connectivity index (χ0) is 36.2. The van der Waals surface area contributed by atoms with E-state index in [0.29, 0.717) is 23.4 Å². The lowest BCUT2D eigenvalue weighted by molar-refractivity contribution is -0.119. The maximum atomic E-state index is 13.5. The summed E-state index contributed by atoms with van der Waals surface area (Å²) in [6, 6.07) is 13.0. The molecule has 4 aromatic rings. The van der Waals surface area contributed by atoms with Gasteiger partial charge in [0, 0.05) is 44.6 Å². The van der Waals surface area contributed by atoms with Gasteiger partial charge in [0.1, 0.15) is 0 Å². The first-order valence-electron chi connectivity index (χ1n) is 16.0. The lowest BCUT2D eigenvalue weighted by Gasteiger charge is -2.25. The van der Waals surface area contributed by atoms with Crippen LogP contribution >= 0.6 is 0 Å². The van der Waals surface area contributed by atoms with E-state index in [2.05, 4.69) is 46.3 Å². The average molecular weight is 701 g/mol. The summed E-state index contributed by atoms with van der Waals surface area (Å²) in [6.45, 7) is 1.92. The number of para-hydroxylation sites is 1. The van der Waals surface area contributed by atoms with E-state index in [1.54, 1.807) is 24.1 Å². The molecule has 6 N–H and O–H groups in total. The van der Waals surface area contributed by atoms with Crippen molar-refractivity contribution in [2.45, 2.75) is 25.4 Å². The molecule has 0 bridgehead atoms. The van der Waals surface area contributed by atoms with Gasteiger partial charge in [-0.1, -0.05) is 30.3 Å². The van der Waals surface area contributed by atoms with Crippen molar-refractivity contribution in [2.24, 2.45) is 4.99 Å². The number of hydrogen-bond donors (Lipinski definition) is 5.